The molecule has 0 fully saturated rings. The molecule has 0 aliphatic carbocycles. The van der Waals surface area contributed by atoms with Gasteiger partial charge in [0.05, 0.1) is 29.5 Å². The fraction of sp³-hybridized carbons (Fsp3) is 0.324. The number of carbonyl (C=O) groups is 1. The van der Waals surface area contributed by atoms with E-state index in [4.69, 9.17) is 14.5 Å². The molecule has 2 aromatic carbocycles. The van der Waals surface area contributed by atoms with Gasteiger partial charge in [0.15, 0.2) is 4.80 Å². The first-order valence-corrected chi connectivity index (χ1v) is 16.2. The lowest BCUT2D eigenvalue weighted by molar-refractivity contribution is -0.139. The van der Waals surface area contributed by atoms with Gasteiger partial charge in [-0.05, 0) is 87.4 Å². The number of aromatic nitrogens is 2. The molecule has 0 saturated heterocycles. The Morgan fingerprint density at radius 3 is 2.48 bits per heavy atom. The zero-order valence-electron chi connectivity index (χ0n) is 26.1. The number of esters is 1. The van der Waals surface area contributed by atoms with E-state index < -0.39 is 12.0 Å². The van der Waals surface area contributed by atoms with E-state index in [0.717, 1.165) is 39.2 Å². The third-order valence-corrected chi connectivity index (χ3v) is 9.24. The van der Waals surface area contributed by atoms with Gasteiger partial charge in [-0.1, -0.05) is 40.6 Å². The maximum atomic E-state index is 14.3. The van der Waals surface area contributed by atoms with Crippen molar-refractivity contribution in [2.24, 2.45) is 4.99 Å². The summed E-state index contributed by atoms with van der Waals surface area (Å²) in [5.41, 5.74) is 6.66. The van der Waals surface area contributed by atoms with Crippen molar-refractivity contribution in [2.45, 2.75) is 46.6 Å². The van der Waals surface area contributed by atoms with Crippen LogP contribution >= 0.6 is 27.3 Å². The predicted molar refractivity (Wildman–Crippen MR) is 180 cm³/mol. The van der Waals surface area contributed by atoms with Crippen molar-refractivity contribution in [3.8, 4) is 11.4 Å². The van der Waals surface area contributed by atoms with E-state index in [0.29, 0.717) is 38.3 Å². The molecule has 5 rings (SSSR count). The lowest BCUT2D eigenvalue weighted by atomic mass is 9.93. The molecule has 230 valence electrons. The summed E-state index contributed by atoms with van der Waals surface area (Å²) in [5.74, 6) is 0.0843. The molecular weight excluding hydrogens is 640 g/mol. The molecular formula is C34H37BrN4O4S. The molecule has 1 aliphatic rings. The number of rotatable bonds is 9. The molecule has 0 N–H and O–H groups in total. The van der Waals surface area contributed by atoms with Crippen molar-refractivity contribution < 1.29 is 14.3 Å². The molecule has 8 nitrogen and oxygen atoms in total. The Balaban J connectivity index is 1.72. The summed E-state index contributed by atoms with van der Waals surface area (Å²) >= 11 is 4.90. The Bertz CT molecular complexity index is 1930. The zero-order chi connectivity index (χ0) is 31.7. The van der Waals surface area contributed by atoms with Crippen molar-refractivity contribution >= 4 is 45.0 Å². The molecule has 0 amide bonds. The third kappa shape index (κ3) is 5.80. The van der Waals surface area contributed by atoms with Crippen LogP contribution in [0.15, 0.2) is 74.1 Å². The lowest BCUT2D eigenvalue weighted by Gasteiger charge is -2.27. The van der Waals surface area contributed by atoms with Crippen LogP contribution < -0.4 is 24.5 Å². The van der Waals surface area contributed by atoms with E-state index >= 15 is 0 Å². The van der Waals surface area contributed by atoms with Gasteiger partial charge >= 0.3 is 5.97 Å². The summed E-state index contributed by atoms with van der Waals surface area (Å²) in [6, 6.07) is 15.3. The van der Waals surface area contributed by atoms with Crippen LogP contribution in [0.2, 0.25) is 0 Å². The minimum Gasteiger partial charge on any atom is -0.496 e. The van der Waals surface area contributed by atoms with Gasteiger partial charge in [-0.3, -0.25) is 9.36 Å². The SMILES string of the molecule is CCCC1=C(C(=O)OCC)[C@@H](c2cc(Br)ccc2OC)n2c(s/c(=C\c3cc(C)n(-c4ccc(N(C)C)cc4)c3C)c2=O)=N1. The summed E-state index contributed by atoms with van der Waals surface area (Å²) in [6.07, 6.45) is 3.28. The number of nitrogens with zero attached hydrogens (tertiary/aromatic N) is 4. The number of ether oxygens (including phenoxy) is 2. The lowest BCUT2D eigenvalue weighted by Crippen LogP contribution is -2.40. The van der Waals surface area contributed by atoms with Crippen LogP contribution in [0.3, 0.4) is 0 Å². The highest BCUT2D eigenvalue weighted by molar-refractivity contribution is 9.10. The fourth-order valence-corrected chi connectivity index (χ4v) is 7.10. The molecule has 10 heteroatoms. The van der Waals surface area contributed by atoms with Crippen molar-refractivity contribution in [3.63, 3.8) is 0 Å². The van der Waals surface area contributed by atoms with Crippen molar-refractivity contribution in [3.05, 3.63) is 106 Å². The number of methoxy groups -OCH3 is 1. The molecule has 4 aromatic rings. The third-order valence-electron chi connectivity index (χ3n) is 7.76. The highest BCUT2D eigenvalue weighted by atomic mass is 79.9. The number of aryl methyl sites for hydroxylation is 1. The second-order valence-corrected chi connectivity index (χ2v) is 12.8. The second kappa shape index (κ2) is 13.0. The molecule has 2 aromatic heterocycles. The molecule has 44 heavy (non-hydrogen) atoms. The topological polar surface area (TPSA) is 78.1 Å². The van der Waals surface area contributed by atoms with E-state index in [1.165, 1.54) is 11.3 Å². The van der Waals surface area contributed by atoms with Crippen molar-refractivity contribution in [2.75, 3.05) is 32.7 Å². The molecule has 0 saturated carbocycles. The average molecular weight is 678 g/mol. The van der Waals surface area contributed by atoms with Crippen LogP contribution in [0.4, 0.5) is 5.69 Å². The highest BCUT2D eigenvalue weighted by Gasteiger charge is 2.36. The Morgan fingerprint density at radius 2 is 1.84 bits per heavy atom. The summed E-state index contributed by atoms with van der Waals surface area (Å²) in [5, 5.41) is 0. The first kappa shape index (κ1) is 31.5. The van der Waals surface area contributed by atoms with Gasteiger partial charge < -0.3 is 18.9 Å². The number of fused-ring (bicyclic) bond motifs is 1. The van der Waals surface area contributed by atoms with Crippen LogP contribution in [0.25, 0.3) is 11.8 Å². The van der Waals surface area contributed by atoms with Gasteiger partial charge in [-0.25, -0.2) is 9.79 Å². The number of hydrogen-bond donors (Lipinski definition) is 0. The van der Waals surface area contributed by atoms with Crippen LogP contribution in [-0.4, -0.2) is 42.9 Å². The van der Waals surface area contributed by atoms with Gasteiger partial charge in [-0.2, -0.15) is 0 Å². The quantitative estimate of drug-likeness (QED) is 0.209. The Kier molecular flexibility index (Phi) is 9.31. The maximum absolute atomic E-state index is 14.3. The minimum absolute atomic E-state index is 0.210. The van der Waals surface area contributed by atoms with Crippen LogP contribution in [0, 0.1) is 13.8 Å². The van der Waals surface area contributed by atoms with Crippen LogP contribution in [-0.2, 0) is 9.53 Å². The molecule has 0 spiro atoms. The number of anilines is 1. The predicted octanol–water partition coefficient (Wildman–Crippen LogP) is 5.82. The smallest absolute Gasteiger partial charge is 0.338 e. The largest absolute Gasteiger partial charge is 0.496 e. The number of allylic oxidation sites excluding steroid dienone is 1. The van der Waals surface area contributed by atoms with Gasteiger partial charge in [0.25, 0.3) is 5.56 Å². The minimum atomic E-state index is -0.760. The number of benzene rings is 2. The maximum Gasteiger partial charge on any atom is 0.338 e. The number of carbonyl (C=O) groups excluding carboxylic acids is 1. The summed E-state index contributed by atoms with van der Waals surface area (Å²) in [4.78, 5) is 35.3. The fourth-order valence-electron chi connectivity index (χ4n) is 5.71. The van der Waals surface area contributed by atoms with Crippen molar-refractivity contribution in [1.29, 1.82) is 0 Å². The number of hydrogen-bond acceptors (Lipinski definition) is 7. The number of thiazole rings is 1. The van der Waals surface area contributed by atoms with Gasteiger partial charge in [0.1, 0.15) is 11.8 Å². The van der Waals surface area contributed by atoms with Gasteiger partial charge in [0, 0.05) is 46.9 Å². The van der Waals surface area contributed by atoms with Gasteiger partial charge in [0.2, 0.25) is 0 Å². The number of halogens is 1. The standard InChI is InChI=1S/C34H37BrN4O4S/c1-8-10-27-30(33(41)43-9-2)31(26-19-23(35)11-16-28(26)42-7)39-32(40)29(44-34(39)36-27)18-22-17-20(3)38(21(22)4)25-14-12-24(13-15-25)37(5)6/h11-19,31H,8-10H2,1-7H3/b29-18-/t31-/m1/s1. The van der Waals surface area contributed by atoms with E-state index in [9.17, 15) is 9.59 Å². The van der Waals surface area contributed by atoms with Gasteiger partial charge in [-0.15, -0.1) is 0 Å². The van der Waals surface area contributed by atoms with E-state index in [-0.39, 0.29) is 12.2 Å². The first-order chi connectivity index (χ1) is 21.1. The summed E-state index contributed by atoms with van der Waals surface area (Å²) in [6.45, 7) is 8.15. The monoisotopic (exact) mass is 676 g/mol. The van der Waals surface area contributed by atoms with Crippen molar-refractivity contribution in [1.82, 2.24) is 9.13 Å². The molecule has 0 bridgehead atoms. The van der Waals surface area contributed by atoms with E-state index in [1.54, 1.807) is 18.6 Å². The molecule has 0 unspecified atom stereocenters. The Labute approximate surface area is 269 Å². The van der Waals surface area contributed by atoms with Crippen LogP contribution in [0.5, 0.6) is 5.75 Å². The van der Waals surface area contributed by atoms with E-state index in [1.807, 2.05) is 45.3 Å². The molecule has 3 heterocycles. The summed E-state index contributed by atoms with van der Waals surface area (Å²) in [7, 11) is 5.63. The van der Waals surface area contributed by atoms with Crippen LogP contribution in [0.1, 0.15) is 55.2 Å². The highest BCUT2D eigenvalue weighted by Crippen LogP contribution is 2.38. The molecule has 1 atom stereocenters. The molecule has 1 aliphatic heterocycles. The molecule has 0 radical (unpaired) electrons. The summed E-state index contributed by atoms with van der Waals surface area (Å²) < 4.78 is 16.4. The first-order valence-electron chi connectivity index (χ1n) is 14.6. The van der Waals surface area contributed by atoms with E-state index in [2.05, 4.69) is 69.6 Å². The second-order valence-electron chi connectivity index (χ2n) is 10.9. The zero-order valence-corrected chi connectivity index (χ0v) is 28.5. The Morgan fingerprint density at radius 1 is 1.11 bits per heavy atom. The average Bonchev–Trinajstić information content (AvgIpc) is 3.46. The Hall–Kier alpha value is -3.89. The normalized spacial score (nSPS) is 14.8.